The third kappa shape index (κ3) is 5.75. The molecule has 2 amide bonds. The highest BCUT2D eigenvalue weighted by atomic mass is 16.5. The van der Waals surface area contributed by atoms with Crippen LogP contribution < -0.4 is 20.1 Å². The van der Waals surface area contributed by atoms with Gasteiger partial charge in [-0.3, -0.25) is 9.59 Å². The summed E-state index contributed by atoms with van der Waals surface area (Å²) in [5.41, 5.74) is 1.52. The van der Waals surface area contributed by atoms with Gasteiger partial charge in [0.15, 0.2) is 0 Å². The number of benzene rings is 2. The predicted octanol–water partition coefficient (Wildman–Crippen LogP) is 3.95. The Hall–Kier alpha value is -3.02. The number of ether oxygens (including phenoxy) is 2. The van der Waals surface area contributed by atoms with Gasteiger partial charge in [0, 0.05) is 18.4 Å². The first-order valence-electron chi connectivity index (χ1n) is 10.5. The molecule has 0 aromatic heterocycles. The van der Waals surface area contributed by atoms with Crippen molar-refractivity contribution in [1.29, 1.82) is 0 Å². The van der Waals surface area contributed by atoms with Gasteiger partial charge in [-0.2, -0.15) is 0 Å². The zero-order valence-corrected chi connectivity index (χ0v) is 17.6. The Kier molecular flexibility index (Phi) is 7.71. The first-order chi connectivity index (χ1) is 14.6. The largest absolute Gasteiger partial charge is 0.497 e. The first-order valence-corrected chi connectivity index (χ1v) is 10.5. The van der Waals surface area contributed by atoms with Crippen molar-refractivity contribution in [1.82, 2.24) is 5.32 Å². The zero-order chi connectivity index (χ0) is 21.3. The Morgan fingerprint density at radius 2 is 1.73 bits per heavy atom. The third-order valence-electron chi connectivity index (χ3n) is 5.56. The molecule has 1 atom stereocenters. The number of hydrogen-bond acceptors (Lipinski definition) is 4. The van der Waals surface area contributed by atoms with E-state index in [1.807, 2.05) is 30.3 Å². The van der Waals surface area contributed by atoms with Gasteiger partial charge in [-0.1, -0.05) is 49.6 Å². The van der Waals surface area contributed by atoms with Crippen LogP contribution in [0.3, 0.4) is 0 Å². The number of carbonyl (C=O) groups is 2. The number of amides is 2. The second-order valence-electron chi connectivity index (χ2n) is 7.64. The predicted molar refractivity (Wildman–Crippen MR) is 117 cm³/mol. The highest BCUT2D eigenvalue weighted by Crippen LogP contribution is 2.29. The fourth-order valence-electron chi connectivity index (χ4n) is 3.84. The topological polar surface area (TPSA) is 76.7 Å². The van der Waals surface area contributed by atoms with Gasteiger partial charge in [-0.25, -0.2) is 0 Å². The zero-order valence-electron chi connectivity index (χ0n) is 17.6. The number of hydrogen-bond donors (Lipinski definition) is 2. The molecule has 6 heteroatoms. The van der Waals surface area contributed by atoms with Gasteiger partial charge in [0.2, 0.25) is 11.8 Å². The van der Waals surface area contributed by atoms with Crippen LogP contribution in [0.25, 0.3) is 0 Å². The van der Waals surface area contributed by atoms with Crippen LogP contribution in [0, 0.1) is 5.92 Å². The summed E-state index contributed by atoms with van der Waals surface area (Å²) in [6, 6.07) is 14.2. The van der Waals surface area contributed by atoms with Crippen LogP contribution in [0.5, 0.6) is 11.5 Å². The lowest BCUT2D eigenvalue weighted by molar-refractivity contribution is -0.130. The maximum absolute atomic E-state index is 13.1. The van der Waals surface area contributed by atoms with Crippen molar-refractivity contribution in [2.75, 3.05) is 19.5 Å². The molecule has 0 aliphatic heterocycles. The maximum Gasteiger partial charge on any atom is 0.247 e. The number of methoxy groups -OCH3 is 2. The molecule has 1 fully saturated rings. The van der Waals surface area contributed by atoms with E-state index in [1.165, 1.54) is 13.5 Å². The van der Waals surface area contributed by atoms with Crippen LogP contribution in [0.4, 0.5) is 5.69 Å². The molecule has 0 radical (unpaired) electrons. The monoisotopic (exact) mass is 410 g/mol. The van der Waals surface area contributed by atoms with E-state index in [4.69, 9.17) is 9.47 Å². The Morgan fingerprint density at radius 1 is 1.00 bits per heavy atom. The minimum atomic E-state index is -0.673. The van der Waals surface area contributed by atoms with E-state index in [0.717, 1.165) is 31.2 Å². The van der Waals surface area contributed by atoms with Gasteiger partial charge in [-0.05, 0) is 30.5 Å². The molecule has 1 saturated carbocycles. The molecule has 1 aliphatic carbocycles. The van der Waals surface area contributed by atoms with Gasteiger partial charge in [0.25, 0.3) is 0 Å². The van der Waals surface area contributed by atoms with Crippen molar-refractivity contribution in [2.24, 2.45) is 5.92 Å². The number of nitrogens with one attached hydrogen (secondary N) is 2. The SMILES string of the molecule is COc1ccc(NC(=O)C(Cc2ccccc2)NC(=O)C2CCCCC2)c(OC)c1. The third-order valence-corrected chi connectivity index (χ3v) is 5.56. The fraction of sp³-hybridized carbons (Fsp3) is 0.417. The molecule has 30 heavy (non-hydrogen) atoms. The molecule has 2 aromatic carbocycles. The highest BCUT2D eigenvalue weighted by Gasteiger charge is 2.27. The molecular formula is C24H30N2O4. The van der Waals surface area contributed by atoms with Crippen molar-refractivity contribution >= 4 is 17.5 Å². The first kappa shape index (κ1) is 21.7. The van der Waals surface area contributed by atoms with Crippen molar-refractivity contribution < 1.29 is 19.1 Å². The number of carbonyl (C=O) groups excluding carboxylic acids is 2. The van der Waals surface area contributed by atoms with E-state index >= 15 is 0 Å². The second kappa shape index (κ2) is 10.7. The summed E-state index contributed by atoms with van der Waals surface area (Å²) in [5.74, 6) is 0.815. The summed E-state index contributed by atoms with van der Waals surface area (Å²) in [5, 5.41) is 5.91. The Bertz CT molecular complexity index is 848. The van der Waals surface area contributed by atoms with Crippen LogP contribution in [-0.2, 0) is 16.0 Å². The molecule has 2 N–H and O–H groups in total. The lowest BCUT2D eigenvalue weighted by atomic mass is 9.88. The molecule has 6 nitrogen and oxygen atoms in total. The van der Waals surface area contributed by atoms with Crippen LogP contribution in [0.15, 0.2) is 48.5 Å². The molecule has 160 valence electrons. The molecule has 2 aromatic rings. The summed E-state index contributed by atoms with van der Waals surface area (Å²) in [7, 11) is 3.11. The molecule has 3 rings (SSSR count). The average molecular weight is 411 g/mol. The van der Waals surface area contributed by atoms with Crippen molar-refractivity contribution in [2.45, 2.75) is 44.6 Å². The molecule has 1 aliphatic rings. The second-order valence-corrected chi connectivity index (χ2v) is 7.64. The summed E-state index contributed by atoms with van der Waals surface area (Å²) in [6.45, 7) is 0. The number of anilines is 1. The fourth-order valence-corrected chi connectivity index (χ4v) is 3.84. The molecule has 0 spiro atoms. The number of rotatable bonds is 8. The molecule has 0 saturated heterocycles. The summed E-state index contributed by atoms with van der Waals surface area (Å²) < 4.78 is 10.6. The summed E-state index contributed by atoms with van der Waals surface area (Å²) in [6.07, 6.45) is 5.50. The van der Waals surface area contributed by atoms with Crippen molar-refractivity contribution in [3.8, 4) is 11.5 Å². The molecular weight excluding hydrogens is 380 g/mol. The van der Waals surface area contributed by atoms with Crippen LogP contribution >= 0.6 is 0 Å². The van der Waals surface area contributed by atoms with E-state index < -0.39 is 6.04 Å². The standard InChI is InChI=1S/C24H30N2O4/c1-29-19-13-14-20(22(16-19)30-2)25-24(28)21(15-17-9-5-3-6-10-17)26-23(27)18-11-7-4-8-12-18/h3,5-6,9-10,13-14,16,18,21H,4,7-8,11-12,15H2,1-2H3,(H,25,28)(H,26,27). The van der Waals surface area contributed by atoms with Crippen LogP contribution in [0.1, 0.15) is 37.7 Å². The van der Waals surface area contributed by atoms with Gasteiger partial charge < -0.3 is 20.1 Å². The van der Waals surface area contributed by atoms with Crippen molar-refractivity contribution in [3.63, 3.8) is 0 Å². The molecule has 1 unspecified atom stereocenters. The minimum Gasteiger partial charge on any atom is -0.497 e. The van der Waals surface area contributed by atoms with Crippen LogP contribution in [-0.4, -0.2) is 32.1 Å². The van der Waals surface area contributed by atoms with E-state index in [1.54, 1.807) is 25.3 Å². The van der Waals surface area contributed by atoms with Gasteiger partial charge in [0.05, 0.1) is 19.9 Å². The van der Waals surface area contributed by atoms with E-state index in [-0.39, 0.29) is 17.7 Å². The Balaban J connectivity index is 1.76. The summed E-state index contributed by atoms with van der Waals surface area (Å²) in [4.78, 5) is 26.0. The Morgan fingerprint density at radius 3 is 2.40 bits per heavy atom. The smallest absolute Gasteiger partial charge is 0.247 e. The lowest BCUT2D eigenvalue weighted by Gasteiger charge is -2.25. The van der Waals surface area contributed by atoms with Crippen molar-refractivity contribution in [3.05, 3.63) is 54.1 Å². The Labute approximate surface area is 178 Å². The summed E-state index contributed by atoms with van der Waals surface area (Å²) >= 11 is 0. The quantitative estimate of drug-likeness (QED) is 0.691. The van der Waals surface area contributed by atoms with Gasteiger partial charge in [0.1, 0.15) is 17.5 Å². The minimum absolute atomic E-state index is 0.0136. The molecule has 0 bridgehead atoms. The molecule has 0 heterocycles. The van der Waals surface area contributed by atoms with Gasteiger partial charge in [-0.15, -0.1) is 0 Å². The van der Waals surface area contributed by atoms with Crippen LogP contribution in [0.2, 0.25) is 0 Å². The maximum atomic E-state index is 13.1. The average Bonchev–Trinajstić information content (AvgIpc) is 2.80. The normalized spacial score (nSPS) is 15.1. The van der Waals surface area contributed by atoms with E-state index in [0.29, 0.717) is 23.6 Å². The highest BCUT2D eigenvalue weighted by molar-refractivity contribution is 5.98. The van der Waals surface area contributed by atoms with E-state index in [2.05, 4.69) is 10.6 Å². The lowest BCUT2D eigenvalue weighted by Crippen LogP contribution is -2.47. The van der Waals surface area contributed by atoms with E-state index in [9.17, 15) is 9.59 Å². The van der Waals surface area contributed by atoms with Gasteiger partial charge >= 0.3 is 0 Å².